The predicted octanol–water partition coefficient (Wildman–Crippen LogP) is -0.508. The van der Waals surface area contributed by atoms with E-state index in [0.29, 0.717) is 11.3 Å². The van der Waals surface area contributed by atoms with E-state index in [1.54, 1.807) is 24.5 Å². The first-order chi connectivity index (χ1) is 8.54. The molecule has 1 saturated heterocycles. The lowest BCUT2D eigenvalue weighted by molar-refractivity contribution is -0.764. The Hall–Kier alpha value is -1.50. The third-order valence-corrected chi connectivity index (χ3v) is 2.96. The molecular formula is C12H16FN2O3+. The minimum atomic E-state index is -1.60. The van der Waals surface area contributed by atoms with E-state index >= 15 is 0 Å². The maximum atomic E-state index is 13.9. The Morgan fingerprint density at radius 3 is 2.89 bits per heavy atom. The van der Waals surface area contributed by atoms with Crippen molar-refractivity contribution >= 4 is 5.70 Å². The Morgan fingerprint density at radius 2 is 2.33 bits per heavy atom. The van der Waals surface area contributed by atoms with E-state index in [4.69, 9.17) is 15.6 Å². The van der Waals surface area contributed by atoms with Gasteiger partial charge in [0.05, 0.1) is 12.2 Å². The molecule has 1 aromatic rings. The summed E-state index contributed by atoms with van der Waals surface area (Å²) in [4.78, 5) is 0. The van der Waals surface area contributed by atoms with Gasteiger partial charge in [0.1, 0.15) is 12.2 Å². The van der Waals surface area contributed by atoms with Crippen molar-refractivity contribution in [3.05, 3.63) is 36.7 Å². The third-order valence-electron chi connectivity index (χ3n) is 2.96. The molecule has 1 aliphatic heterocycles. The van der Waals surface area contributed by atoms with Gasteiger partial charge in [0.2, 0.25) is 6.17 Å². The molecule has 0 bridgehead atoms. The van der Waals surface area contributed by atoms with Crippen LogP contribution in [-0.2, 0) is 4.74 Å². The highest BCUT2D eigenvalue weighted by molar-refractivity contribution is 5.58. The molecule has 4 N–H and O–H groups in total. The van der Waals surface area contributed by atoms with Gasteiger partial charge in [-0.1, -0.05) is 6.58 Å². The topological polar surface area (TPSA) is 79.6 Å². The number of nitrogens with zero attached hydrogens (tertiary/aromatic N) is 1. The highest BCUT2D eigenvalue weighted by Gasteiger charge is 2.49. The van der Waals surface area contributed by atoms with E-state index in [9.17, 15) is 9.50 Å². The van der Waals surface area contributed by atoms with Crippen molar-refractivity contribution in [3.63, 3.8) is 0 Å². The highest BCUT2D eigenvalue weighted by Crippen LogP contribution is 2.27. The molecule has 2 unspecified atom stereocenters. The van der Waals surface area contributed by atoms with Crippen LogP contribution in [0.2, 0.25) is 0 Å². The predicted molar refractivity (Wildman–Crippen MR) is 61.8 cm³/mol. The fourth-order valence-corrected chi connectivity index (χ4v) is 1.94. The molecule has 0 aromatic carbocycles. The van der Waals surface area contributed by atoms with E-state index in [1.165, 1.54) is 4.57 Å². The molecule has 18 heavy (non-hydrogen) atoms. The summed E-state index contributed by atoms with van der Waals surface area (Å²) in [6.07, 6.45) is -1.63. The first kappa shape index (κ1) is 12.9. The molecule has 2 rings (SSSR count). The summed E-state index contributed by atoms with van der Waals surface area (Å²) < 4.78 is 20.6. The van der Waals surface area contributed by atoms with Gasteiger partial charge in [0, 0.05) is 11.8 Å². The van der Waals surface area contributed by atoms with Crippen LogP contribution >= 0.6 is 0 Å². The van der Waals surface area contributed by atoms with Crippen LogP contribution in [0.4, 0.5) is 4.39 Å². The number of alkyl halides is 1. The lowest BCUT2D eigenvalue weighted by Crippen LogP contribution is -2.44. The lowest BCUT2D eigenvalue weighted by atomic mass is 10.1. The Kier molecular flexibility index (Phi) is 3.60. The first-order valence-electron chi connectivity index (χ1n) is 5.58. The van der Waals surface area contributed by atoms with Gasteiger partial charge in [0.25, 0.3) is 6.23 Å². The van der Waals surface area contributed by atoms with Crippen molar-refractivity contribution in [1.29, 1.82) is 0 Å². The average Bonchev–Trinajstić information content (AvgIpc) is 2.66. The zero-order chi connectivity index (χ0) is 13.3. The largest absolute Gasteiger partial charge is 0.399 e. The number of halogens is 1. The van der Waals surface area contributed by atoms with Crippen LogP contribution < -0.4 is 10.3 Å². The summed E-state index contributed by atoms with van der Waals surface area (Å²) in [5, 5.41) is 18.5. The number of aromatic nitrogens is 1. The monoisotopic (exact) mass is 255 g/mol. The molecule has 5 nitrogen and oxygen atoms in total. The number of aliphatic hydroxyl groups excluding tert-OH is 2. The molecule has 0 amide bonds. The van der Waals surface area contributed by atoms with Crippen LogP contribution in [0, 0.1) is 0 Å². The van der Waals surface area contributed by atoms with Gasteiger partial charge < -0.3 is 20.7 Å². The van der Waals surface area contributed by atoms with Crippen LogP contribution in [0.1, 0.15) is 11.8 Å². The molecular weight excluding hydrogens is 239 g/mol. The molecule has 1 aliphatic rings. The Bertz CT molecular complexity index is 455. The number of rotatable bonds is 3. The second-order valence-corrected chi connectivity index (χ2v) is 4.25. The van der Waals surface area contributed by atoms with Gasteiger partial charge in [-0.2, -0.15) is 4.57 Å². The van der Waals surface area contributed by atoms with Gasteiger partial charge in [-0.15, -0.1) is 0 Å². The minimum absolute atomic E-state index is 0.358. The third kappa shape index (κ3) is 2.22. The number of hydrogen-bond acceptors (Lipinski definition) is 4. The Morgan fingerprint density at radius 1 is 1.61 bits per heavy atom. The van der Waals surface area contributed by atoms with E-state index in [2.05, 4.69) is 6.58 Å². The van der Waals surface area contributed by atoms with Crippen molar-refractivity contribution in [3.8, 4) is 0 Å². The number of ether oxygens (including phenoxy) is 1. The van der Waals surface area contributed by atoms with Crippen molar-refractivity contribution in [2.75, 3.05) is 6.61 Å². The van der Waals surface area contributed by atoms with Crippen molar-refractivity contribution < 1.29 is 23.9 Å². The molecule has 1 aromatic heterocycles. The highest BCUT2D eigenvalue weighted by atomic mass is 19.1. The van der Waals surface area contributed by atoms with Crippen LogP contribution in [0.15, 0.2) is 31.1 Å². The molecule has 0 aliphatic carbocycles. The van der Waals surface area contributed by atoms with E-state index in [0.717, 1.165) is 0 Å². The Labute approximate surface area is 104 Å². The molecule has 1 fully saturated rings. The molecule has 2 heterocycles. The zero-order valence-corrected chi connectivity index (χ0v) is 9.74. The lowest BCUT2D eigenvalue weighted by Gasteiger charge is -2.08. The average molecular weight is 255 g/mol. The SMILES string of the molecule is C=C(N)c1ccc[n+](C2OC(CO)[C@@H](O)[C@@H]2F)c1. The fourth-order valence-electron chi connectivity index (χ4n) is 1.94. The zero-order valence-electron chi connectivity index (χ0n) is 9.74. The normalized spacial score (nSPS) is 31.5. The van der Waals surface area contributed by atoms with E-state index in [1.807, 2.05) is 0 Å². The maximum absolute atomic E-state index is 13.9. The second kappa shape index (κ2) is 5.01. The van der Waals surface area contributed by atoms with Gasteiger partial charge in [0.15, 0.2) is 12.4 Å². The van der Waals surface area contributed by atoms with Crippen LogP contribution in [0.25, 0.3) is 5.70 Å². The number of nitrogens with two attached hydrogens (primary N) is 1. The summed E-state index contributed by atoms with van der Waals surface area (Å²) in [5.41, 5.74) is 6.57. The van der Waals surface area contributed by atoms with Gasteiger partial charge in [-0.25, -0.2) is 4.39 Å². The molecule has 6 heteroatoms. The number of hydrogen-bond donors (Lipinski definition) is 3. The van der Waals surface area contributed by atoms with Gasteiger partial charge in [-0.3, -0.25) is 0 Å². The minimum Gasteiger partial charge on any atom is -0.399 e. The smallest absolute Gasteiger partial charge is 0.297 e. The quantitative estimate of drug-likeness (QED) is 0.636. The summed E-state index contributed by atoms with van der Waals surface area (Å²) >= 11 is 0. The molecule has 0 spiro atoms. The van der Waals surface area contributed by atoms with E-state index < -0.39 is 31.2 Å². The standard InChI is InChI=1S/C12H16FN2O3/c1-7(14)8-3-2-4-15(5-8)12-10(13)11(17)9(6-16)18-12/h2-5,9-12,16-17H,1,6,14H2/q+1/t9?,10-,11+,12?/m0/s1. The van der Waals surface area contributed by atoms with E-state index in [-0.39, 0.29) is 0 Å². The molecule has 0 radical (unpaired) electrons. The summed E-state index contributed by atoms with van der Waals surface area (Å²) in [6.45, 7) is 3.17. The number of aliphatic hydroxyl groups is 2. The fraction of sp³-hybridized carbons (Fsp3) is 0.417. The van der Waals surface area contributed by atoms with Crippen LogP contribution in [-0.4, -0.2) is 35.2 Å². The van der Waals surface area contributed by atoms with Crippen LogP contribution in [0.5, 0.6) is 0 Å². The first-order valence-corrected chi connectivity index (χ1v) is 5.58. The maximum Gasteiger partial charge on any atom is 0.297 e. The molecule has 98 valence electrons. The van der Waals surface area contributed by atoms with Gasteiger partial charge >= 0.3 is 0 Å². The van der Waals surface area contributed by atoms with Crippen molar-refractivity contribution in [1.82, 2.24) is 0 Å². The second-order valence-electron chi connectivity index (χ2n) is 4.25. The summed E-state index contributed by atoms with van der Waals surface area (Å²) in [5.74, 6) is 0. The number of pyridine rings is 1. The summed E-state index contributed by atoms with van der Waals surface area (Å²) in [6, 6.07) is 3.42. The summed E-state index contributed by atoms with van der Waals surface area (Å²) in [7, 11) is 0. The van der Waals surface area contributed by atoms with Gasteiger partial charge in [-0.05, 0) is 6.07 Å². The van der Waals surface area contributed by atoms with Crippen molar-refractivity contribution in [2.45, 2.75) is 24.6 Å². The van der Waals surface area contributed by atoms with Crippen LogP contribution in [0.3, 0.4) is 0 Å². The molecule has 4 atom stereocenters. The Balaban J connectivity index is 2.27. The van der Waals surface area contributed by atoms with Crippen molar-refractivity contribution in [2.24, 2.45) is 5.73 Å². The molecule has 0 saturated carbocycles.